The number of aryl methyl sites for hydroxylation is 3. The van der Waals surface area contributed by atoms with E-state index in [-0.39, 0.29) is 24.1 Å². The number of thiophene rings is 1. The average molecular weight is 360 g/mol. The highest BCUT2D eigenvalue weighted by atomic mass is 32.1. The zero-order chi connectivity index (χ0) is 17.2. The molecule has 6 heteroatoms. The molecule has 0 aromatic carbocycles. The van der Waals surface area contributed by atoms with Crippen LogP contribution in [0.5, 0.6) is 0 Å². The van der Waals surface area contributed by atoms with Gasteiger partial charge in [-0.2, -0.15) is 0 Å². The van der Waals surface area contributed by atoms with Crippen molar-refractivity contribution < 1.29 is 9.53 Å². The molecule has 2 aromatic heterocycles. The lowest BCUT2D eigenvalue weighted by atomic mass is 9.97. The van der Waals surface area contributed by atoms with Crippen molar-refractivity contribution in [3.05, 3.63) is 27.1 Å². The van der Waals surface area contributed by atoms with Crippen molar-refractivity contribution in [1.82, 2.24) is 9.55 Å². The minimum Gasteiger partial charge on any atom is -0.462 e. The van der Waals surface area contributed by atoms with Crippen LogP contribution in [-0.2, 0) is 28.9 Å². The Bertz CT molecular complexity index is 833. The standard InChI is InChI=1S/C19H24N2O3S/c22-16(24-13-6-2-1-3-7-13)10-11-21-12-20-18-17(19(21)23)14-8-4-5-9-15(14)25-18/h12-13H,1-11H2. The molecule has 0 unspecified atom stereocenters. The van der Waals surface area contributed by atoms with E-state index in [1.54, 1.807) is 22.2 Å². The molecule has 0 radical (unpaired) electrons. The molecule has 2 aliphatic carbocycles. The molecule has 5 nitrogen and oxygen atoms in total. The number of carbonyl (C=O) groups excluding carboxylic acids is 1. The maximum absolute atomic E-state index is 12.8. The number of carbonyl (C=O) groups is 1. The van der Waals surface area contributed by atoms with Gasteiger partial charge in [0, 0.05) is 11.4 Å². The molecule has 0 atom stereocenters. The highest BCUT2D eigenvalue weighted by Gasteiger charge is 2.21. The van der Waals surface area contributed by atoms with Crippen LogP contribution in [0.15, 0.2) is 11.1 Å². The number of aromatic nitrogens is 2. The summed E-state index contributed by atoms with van der Waals surface area (Å²) in [6.07, 6.45) is 11.7. The van der Waals surface area contributed by atoms with Crippen LogP contribution in [0.2, 0.25) is 0 Å². The van der Waals surface area contributed by atoms with Gasteiger partial charge in [-0.05, 0) is 56.9 Å². The Labute approximate surface area is 151 Å². The topological polar surface area (TPSA) is 61.2 Å². The molecule has 0 spiro atoms. The van der Waals surface area contributed by atoms with E-state index in [9.17, 15) is 9.59 Å². The van der Waals surface area contributed by atoms with Crippen molar-refractivity contribution in [2.75, 3.05) is 0 Å². The predicted octanol–water partition coefficient (Wildman–Crippen LogP) is 3.60. The Morgan fingerprint density at radius 2 is 2.00 bits per heavy atom. The summed E-state index contributed by atoms with van der Waals surface area (Å²) in [7, 11) is 0. The zero-order valence-electron chi connectivity index (χ0n) is 14.5. The summed E-state index contributed by atoms with van der Waals surface area (Å²) in [5.41, 5.74) is 1.19. The molecule has 0 amide bonds. The molecular weight excluding hydrogens is 336 g/mol. The van der Waals surface area contributed by atoms with Crippen molar-refractivity contribution in [2.45, 2.75) is 76.9 Å². The van der Waals surface area contributed by atoms with Crippen LogP contribution in [0.4, 0.5) is 0 Å². The van der Waals surface area contributed by atoms with Crippen LogP contribution >= 0.6 is 11.3 Å². The molecular formula is C19H24N2O3S. The second-order valence-electron chi connectivity index (χ2n) is 7.13. The van der Waals surface area contributed by atoms with E-state index in [1.165, 1.54) is 23.3 Å². The number of ether oxygens (including phenoxy) is 1. The summed E-state index contributed by atoms with van der Waals surface area (Å²) >= 11 is 1.65. The molecule has 2 aromatic rings. The maximum atomic E-state index is 12.8. The van der Waals surface area contributed by atoms with Crippen LogP contribution in [0.1, 0.15) is 61.8 Å². The molecule has 1 saturated carbocycles. The van der Waals surface area contributed by atoms with E-state index in [1.807, 2.05) is 0 Å². The molecule has 0 N–H and O–H groups in total. The van der Waals surface area contributed by atoms with E-state index in [4.69, 9.17) is 4.74 Å². The minimum absolute atomic E-state index is 0.00475. The lowest BCUT2D eigenvalue weighted by Gasteiger charge is -2.21. The van der Waals surface area contributed by atoms with Gasteiger partial charge in [0.25, 0.3) is 5.56 Å². The lowest BCUT2D eigenvalue weighted by Crippen LogP contribution is -2.25. The molecule has 2 heterocycles. The fraction of sp³-hybridized carbons (Fsp3) is 0.632. The van der Waals surface area contributed by atoms with Gasteiger partial charge >= 0.3 is 5.97 Å². The smallest absolute Gasteiger partial charge is 0.307 e. The number of nitrogens with zero attached hydrogens (tertiary/aromatic N) is 2. The van der Waals surface area contributed by atoms with E-state index < -0.39 is 0 Å². The van der Waals surface area contributed by atoms with Crippen LogP contribution in [0.25, 0.3) is 10.2 Å². The monoisotopic (exact) mass is 360 g/mol. The first-order valence-corrected chi connectivity index (χ1v) is 10.2. The van der Waals surface area contributed by atoms with Crippen molar-refractivity contribution in [2.24, 2.45) is 0 Å². The summed E-state index contributed by atoms with van der Waals surface area (Å²) in [5, 5.41) is 0.780. The third kappa shape index (κ3) is 3.50. The predicted molar refractivity (Wildman–Crippen MR) is 98.1 cm³/mol. The summed E-state index contributed by atoms with van der Waals surface area (Å²) < 4.78 is 7.12. The van der Waals surface area contributed by atoms with Crippen molar-refractivity contribution in [1.29, 1.82) is 0 Å². The Balaban J connectivity index is 1.47. The summed E-state index contributed by atoms with van der Waals surface area (Å²) in [4.78, 5) is 31.6. The zero-order valence-corrected chi connectivity index (χ0v) is 15.3. The molecule has 4 rings (SSSR count). The first-order valence-electron chi connectivity index (χ1n) is 9.41. The lowest BCUT2D eigenvalue weighted by molar-refractivity contribution is -0.150. The van der Waals surface area contributed by atoms with Gasteiger partial charge < -0.3 is 4.74 Å². The van der Waals surface area contributed by atoms with Gasteiger partial charge in [-0.1, -0.05) is 6.42 Å². The highest BCUT2D eigenvalue weighted by Crippen LogP contribution is 2.33. The summed E-state index contributed by atoms with van der Waals surface area (Å²) in [6, 6.07) is 0. The van der Waals surface area contributed by atoms with E-state index in [0.29, 0.717) is 6.54 Å². The van der Waals surface area contributed by atoms with Crippen LogP contribution < -0.4 is 5.56 Å². The third-order valence-electron chi connectivity index (χ3n) is 5.35. The van der Waals surface area contributed by atoms with E-state index in [0.717, 1.165) is 55.2 Å². The van der Waals surface area contributed by atoms with E-state index >= 15 is 0 Å². The normalized spacial score (nSPS) is 18.2. The first-order chi connectivity index (χ1) is 12.2. The molecule has 134 valence electrons. The molecule has 1 fully saturated rings. The van der Waals surface area contributed by atoms with Crippen molar-refractivity contribution in [3.8, 4) is 0 Å². The second kappa shape index (κ2) is 7.28. The Morgan fingerprint density at radius 1 is 1.20 bits per heavy atom. The fourth-order valence-corrected chi connectivity index (χ4v) is 5.20. The summed E-state index contributed by atoms with van der Waals surface area (Å²) in [6.45, 7) is 0.345. The van der Waals surface area contributed by atoms with Gasteiger partial charge in [0.05, 0.1) is 18.1 Å². The number of rotatable bonds is 4. The highest BCUT2D eigenvalue weighted by molar-refractivity contribution is 7.18. The van der Waals surface area contributed by atoms with Gasteiger partial charge in [0.15, 0.2) is 0 Å². The Hall–Kier alpha value is -1.69. The quantitative estimate of drug-likeness (QED) is 0.782. The van der Waals surface area contributed by atoms with Crippen LogP contribution in [0, 0.1) is 0 Å². The number of hydrogen-bond acceptors (Lipinski definition) is 5. The molecule has 25 heavy (non-hydrogen) atoms. The summed E-state index contributed by atoms with van der Waals surface area (Å²) in [5.74, 6) is -0.203. The molecule has 0 saturated heterocycles. The van der Waals surface area contributed by atoms with Gasteiger partial charge in [-0.25, -0.2) is 4.98 Å². The first kappa shape index (κ1) is 16.8. The molecule has 0 aliphatic heterocycles. The second-order valence-corrected chi connectivity index (χ2v) is 8.22. The van der Waals surface area contributed by atoms with Gasteiger partial charge in [-0.15, -0.1) is 11.3 Å². The van der Waals surface area contributed by atoms with Crippen molar-refractivity contribution >= 4 is 27.5 Å². The number of esters is 1. The van der Waals surface area contributed by atoms with Crippen molar-refractivity contribution in [3.63, 3.8) is 0 Å². The number of fused-ring (bicyclic) bond motifs is 3. The minimum atomic E-state index is -0.203. The number of hydrogen-bond donors (Lipinski definition) is 0. The molecule has 2 aliphatic rings. The Kier molecular flexibility index (Phi) is 4.88. The van der Waals surface area contributed by atoms with E-state index in [2.05, 4.69) is 4.98 Å². The Morgan fingerprint density at radius 3 is 2.84 bits per heavy atom. The maximum Gasteiger partial charge on any atom is 0.307 e. The molecule has 0 bridgehead atoms. The largest absolute Gasteiger partial charge is 0.462 e. The van der Waals surface area contributed by atoms with Gasteiger partial charge in [0.1, 0.15) is 10.9 Å². The van der Waals surface area contributed by atoms with Gasteiger partial charge in [-0.3, -0.25) is 14.2 Å². The SMILES string of the molecule is O=C(CCn1cnc2sc3c(c2c1=O)CCCC3)OC1CCCCC1. The van der Waals surface area contributed by atoms with Crippen LogP contribution in [-0.4, -0.2) is 21.6 Å². The average Bonchev–Trinajstić information content (AvgIpc) is 3.01. The van der Waals surface area contributed by atoms with Gasteiger partial charge in [0.2, 0.25) is 0 Å². The third-order valence-corrected chi connectivity index (χ3v) is 6.55. The fourth-order valence-electron chi connectivity index (χ4n) is 3.98. The van der Waals surface area contributed by atoms with Crippen LogP contribution in [0.3, 0.4) is 0 Å².